The van der Waals surface area contributed by atoms with E-state index in [9.17, 15) is 0 Å². The van der Waals surface area contributed by atoms with Crippen molar-refractivity contribution in [2.45, 2.75) is 57.4 Å². The molecule has 3 rings (SSSR count). The molecule has 1 N–H and O–H groups in total. The molecule has 1 saturated heterocycles. The highest BCUT2D eigenvalue weighted by Gasteiger charge is 2.27. The van der Waals surface area contributed by atoms with Gasteiger partial charge in [0.25, 0.3) is 0 Å². The molecule has 1 aliphatic carbocycles. The molecular formula is C15H25N3OS. The van der Waals surface area contributed by atoms with Crippen LogP contribution in [0.2, 0.25) is 0 Å². The first-order valence-corrected chi connectivity index (χ1v) is 9.17. The number of nitrogens with zero attached hydrogens (tertiary/aromatic N) is 2. The summed E-state index contributed by atoms with van der Waals surface area (Å²) in [6.07, 6.45) is 7.83. The molecule has 0 amide bonds. The summed E-state index contributed by atoms with van der Waals surface area (Å²) in [7, 11) is 0. The first kappa shape index (κ1) is 14.4. The Bertz CT molecular complexity index is 409. The van der Waals surface area contributed by atoms with Gasteiger partial charge in [0, 0.05) is 24.0 Å². The lowest BCUT2D eigenvalue weighted by Gasteiger charge is -2.26. The Labute approximate surface area is 125 Å². The topological polar surface area (TPSA) is 51.0 Å². The second-order valence-electron chi connectivity index (χ2n) is 6.08. The van der Waals surface area contributed by atoms with Crippen LogP contribution in [0, 0.1) is 5.92 Å². The van der Waals surface area contributed by atoms with Crippen molar-refractivity contribution in [3.63, 3.8) is 0 Å². The van der Waals surface area contributed by atoms with E-state index in [1.54, 1.807) is 0 Å². The standard InChI is InChI=1S/C15H25N3OS/c1-2-3-11-4-6-12(7-5-11)14-17-15(19-18-14)13-10-20-9-8-16-13/h11-13,16H,2-10H2,1H3. The van der Waals surface area contributed by atoms with Crippen LogP contribution in [0.25, 0.3) is 0 Å². The minimum atomic E-state index is 0.256. The number of hydrogen-bond acceptors (Lipinski definition) is 5. The van der Waals surface area contributed by atoms with Gasteiger partial charge in [-0.1, -0.05) is 24.9 Å². The van der Waals surface area contributed by atoms with E-state index in [1.807, 2.05) is 11.8 Å². The second-order valence-corrected chi connectivity index (χ2v) is 7.23. The minimum Gasteiger partial charge on any atom is -0.338 e. The highest BCUT2D eigenvalue weighted by atomic mass is 32.2. The van der Waals surface area contributed by atoms with E-state index < -0.39 is 0 Å². The third-order valence-corrected chi connectivity index (χ3v) is 5.65. The van der Waals surface area contributed by atoms with Crippen molar-refractivity contribution >= 4 is 11.8 Å². The molecule has 20 heavy (non-hydrogen) atoms. The van der Waals surface area contributed by atoms with E-state index in [4.69, 9.17) is 4.52 Å². The Balaban J connectivity index is 1.57. The van der Waals surface area contributed by atoms with Crippen molar-refractivity contribution in [3.8, 4) is 0 Å². The zero-order valence-electron chi connectivity index (χ0n) is 12.3. The maximum atomic E-state index is 5.49. The van der Waals surface area contributed by atoms with Crippen LogP contribution in [-0.4, -0.2) is 28.2 Å². The molecule has 0 spiro atoms. The van der Waals surface area contributed by atoms with Gasteiger partial charge in [0.05, 0.1) is 6.04 Å². The summed E-state index contributed by atoms with van der Waals surface area (Å²) < 4.78 is 5.49. The molecule has 1 unspecified atom stereocenters. The van der Waals surface area contributed by atoms with E-state index in [-0.39, 0.29) is 6.04 Å². The number of aromatic nitrogens is 2. The van der Waals surface area contributed by atoms with Crippen molar-refractivity contribution in [1.29, 1.82) is 0 Å². The van der Waals surface area contributed by atoms with Gasteiger partial charge in [-0.3, -0.25) is 0 Å². The van der Waals surface area contributed by atoms with Gasteiger partial charge < -0.3 is 9.84 Å². The summed E-state index contributed by atoms with van der Waals surface area (Å²) in [4.78, 5) is 4.68. The van der Waals surface area contributed by atoms with Gasteiger partial charge in [-0.05, 0) is 31.6 Å². The molecule has 2 aliphatic rings. The Morgan fingerprint density at radius 1 is 1.30 bits per heavy atom. The second kappa shape index (κ2) is 6.94. The molecule has 2 fully saturated rings. The molecule has 0 bridgehead atoms. The molecule has 1 atom stereocenters. The summed E-state index contributed by atoms with van der Waals surface area (Å²) in [5, 5.41) is 7.71. The zero-order chi connectivity index (χ0) is 13.8. The normalized spacial score (nSPS) is 31.4. The fraction of sp³-hybridized carbons (Fsp3) is 0.867. The molecule has 1 aromatic heterocycles. The molecule has 2 heterocycles. The van der Waals surface area contributed by atoms with Gasteiger partial charge >= 0.3 is 0 Å². The lowest BCUT2D eigenvalue weighted by Crippen LogP contribution is -2.30. The van der Waals surface area contributed by atoms with Crippen molar-refractivity contribution in [3.05, 3.63) is 11.7 Å². The molecule has 112 valence electrons. The van der Waals surface area contributed by atoms with Gasteiger partial charge in [0.1, 0.15) is 0 Å². The van der Waals surface area contributed by atoms with Gasteiger partial charge in [0.2, 0.25) is 5.89 Å². The Morgan fingerprint density at radius 2 is 2.15 bits per heavy atom. The average molecular weight is 295 g/mol. The predicted molar refractivity (Wildman–Crippen MR) is 82.0 cm³/mol. The van der Waals surface area contributed by atoms with E-state index in [1.165, 1.54) is 44.3 Å². The van der Waals surface area contributed by atoms with Crippen molar-refractivity contribution in [2.75, 3.05) is 18.1 Å². The first-order chi connectivity index (χ1) is 9.86. The first-order valence-electron chi connectivity index (χ1n) is 8.01. The summed E-state index contributed by atoms with van der Waals surface area (Å²) in [6.45, 7) is 3.32. The van der Waals surface area contributed by atoms with Gasteiger partial charge in [-0.15, -0.1) is 0 Å². The molecular weight excluding hydrogens is 270 g/mol. The van der Waals surface area contributed by atoms with E-state index in [0.717, 1.165) is 29.9 Å². The largest absolute Gasteiger partial charge is 0.338 e. The molecule has 1 aromatic rings. The third-order valence-electron chi connectivity index (χ3n) is 4.59. The summed E-state index contributed by atoms with van der Waals surface area (Å²) in [5.74, 6) is 5.43. The van der Waals surface area contributed by atoms with Crippen molar-refractivity contribution in [1.82, 2.24) is 15.5 Å². The average Bonchev–Trinajstić information content (AvgIpc) is 2.99. The van der Waals surface area contributed by atoms with E-state index >= 15 is 0 Å². The minimum absolute atomic E-state index is 0.256. The molecule has 0 aromatic carbocycles. The highest BCUT2D eigenvalue weighted by Crippen LogP contribution is 2.36. The van der Waals surface area contributed by atoms with Gasteiger partial charge in [0.15, 0.2) is 5.82 Å². The van der Waals surface area contributed by atoms with Crippen LogP contribution in [0.3, 0.4) is 0 Å². The maximum Gasteiger partial charge on any atom is 0.244 e. The molecule has 1 saturated carbocycles. The number of rotatable bonds is 4. The Kier molecular flexibility index (Phi) is 4.99. The van der Waals surface area contributed by atoms with E-state index in [2.05, 4.69) is 22.4 Å². The van der Waals surface area contributed by atoms with Crippen LogP contribution in [0.5, 0.6) is 0 Å². The Hall–Kier alpha value is -0.550. The van der Waals surface area contributed by atoms with Crippen LogP contribution >= 0.6 is 11.8 Å². The fourth-order valence-corrected chi connectivity index (χ4v) is 4.32. The van der Waals surface area contributed by atoms with Gasteiger partial charge in [-0.25, -0.2) is 0 Å². The van der Waals surface area contributed by atoms with Crippen molar-refractivity contribution < 1.29 is 4.52 Å². The molecule has 1 aliphatic heterocycles. The predicted octanol–water partition coefficient (Wildman–Crippen LogP) is 3.52. The van der Waals surface area contributed by atoms with Crippen LogP contribution in [0.4, 0.5) is 0 Å². The van der Waals surface area contributed by atoms with Crippen molar-refractivity contribution in [2.24, 2.45) is 5.92 Å². The van der Waals surface area contributed by atoms with Crippen LogP contribution in [-0.2, 0) is 0 Å². The Morgan fingerprint density at radius 3 is 2.85 bits per heavy atom. The lowest BCUT2D eigenvalue weighted by atomic mass is 9.80. The lowest BCUT2D eigenvalue weighted by molar-refractivity contribution is 0.292. The quantitative estimate of drug-likeness (QED) is 0.921. The van der Waals surface area contributed by atoms with Gasteiger partial charge in [-0.2, -0.15) is 16.7 Å². The smallest absolute Gasteiger partial charge is 0.244 e. The summed E-state index contributed by atoms with van der Waals surface area (Å²) in [6, 6.07) is 0.256. The summed E-state index contributed by atoms with van der Waals surface area (Å²) in [5.41, 5.74) is 0. The van der Waals surface area contributed by atoms with E-state index in [0.29, 0.717) is 5.92 Å². The maximum absolute atomic E-state index is 5.49. The SMILES string of the molecule is CCCC1CCC(c2noc(C3CSCCN3)n2)CC1. The molecule has 0 radical (unpaired) electrons. The molecule has 4 nitrogen and oxygen atoms in total. The highest BCUT2D eigenvalue weighted by molar-refractivity contribution is 7.99. The van der Waals surface area contributed by atoms with Crippen LogP contribution in [0.1, 0.15) is 69.1 Å². The molecule has 5 heteroatoms. The third kappa shape index (κ3) is 3.37. The fourth-order valence-electron chi connectivity index (χ4n) is 3.40. The van der Waals surface area contributed by atoms with Crippen LogP contribution < -0.4 is 5.32 Å². The number of nitrogens with one attached hydrogen (secondary N) is 1. The van der Waals surface area contributed by atoms with Crippen LogP contribution in [0.15, 0.2) is 4.52 Å². The summed E-state index contributed by atoms with van der Waals surface area (Å²) >= 11 is 1.96. The number of thioether (sulfide) groups is 1. The number of hydrogen-bond donors (Lipinski definition) is 1. The monoisotopic (exact) mass is 295 g/mol. The zero-order valence-corrected chi connectivity index (χ0v) is 13.1.